The van der Waals surface area contributed by atoms with Gasteiger partial charge >= 0.3 is 0 Å². The van der Waals surface area contributed by atoms with Crippen molar-refractivity contribution in [3.8, 4) is 0 Å². The van der Waals surface area contributed by atoms with Crippen LogP contribution in [0.1, 0.15) is 31.1 Å². The molecule has 1 heterocycles. The highest BCUT2D eigenvalue weighted by atomic mass is 16.3. The highest BCUT2D eigenvalue weighted by Crippen LogP contribution is 2.34. The van der Waals surface area contributed by atoms with E-state index < -0.39 is 6.35 Å². The van der Waals surface area contributed by atoms with Crippen molar-refractivity contribution in [2.45, 2.75) is 32.7 Å². The van der Waals surface area contributed by atoms with Crippen LogP contribution in [0.2, 0.25) is 0 Å². The van der Waals surface area contributed by atoms with E-state index in [4.69, 9.17) is 0 Å². The predicted molar refractivity (Wildman–Crippen MR) is 79.7 cm³/mol. The summed E-state index contributed by atoms with van der Waals surface area (Å²) < 4.78 is 0. The molecule has 4 nitrogen and oxygen atoms in total. The minimum atomic E-state index is -1.00. The summed E-state index contributed by atoms with van der Waals surface area (Å²) in [5.74, 6) is -0.237. The minimum Gasteiger partial charge on any atom is -0.356 e. The number of anilines is 1. The summed E-state index contributed by atoms with van der Waals surface area (Å²) >= 11 is 0. The summed E-state index contributed by atoms with van der Waals surface area (Å²) in [6, 6.07) is 11.8. The van der Waals surface area contributed by atoms with Gasteiger partial charge in [0.15, 0.2) is 0 Å². The molecule has 0 saturated carbocycles. The molecule has 4 heteroatoms. The first kappa shape index (κ1) is 12.9. The summed E-state index contributed by atoms with van der Waals surface area (Å²) in [5, 5.41) is 14.9. The fourth-order valence-corrected chi connectivity index (χ4v) is 2.73. The van der Waals surface area contributed by atoms with Crippen molar-refractivity contribution in [2.24, 2.45) is 0 Å². The van der Waals surface area contributed by atoms with Gasteiger partial charge in [0.2, 0.25) is 6.35 Å². The van der Waals surface area contributed by atoms with Crippen LogP contribution >= 0.6 is 0 Å². The zero-order chi connectivity index (χ0) is 14.5. The third-order valence-corrected chi connectivity index (χ3v) is 3.60. The number of aliphatic hydroxyl groups is 1. The Kier molecular flexibility index (Phi) is 2.73. The van der Waals surface area contributed by atoms with Crippen molar-refractivity contribution in [2.75, 3.05) is 4.90 Å². The highest BCUT2D eigenvalue weighted by Gasteiger charge is 2.36. The first-order valence-electron chi connectivity index (χ1n) is 6.69. The first-order chi connectivity index (χ1) is 9.38. The second kappa shape index (κ2) is 4.21. The molecule has 1 amide bonds. The van der Waals surface area contributed by atoms with E-state index in [1.807, 2.05) is 62.1 Å². The molecule has 2 aromatic carbocycles. The zero-order valence-corrected chi connectivity index (χ0v) is 11.8. The summed E-state index contributed by atoms with van der Waals surface area (Å²) in [6.45, 7) is 6.02. The second-order valence-electron chi connectivity index (χ2n) is 6.10. The van der Waals surface area contributed by atoms with Crippen LogP contribution < -0.4 is 10.2 Å². The van der Waals surface area contributed by atoms with E-state index in [1.54, 1.807) is 0 Å². The lowest BCUT2D eigenvalue weighted by Crippen LogP contribution is -2.59. The summed E-state index contributed by atoms with van der Waals surface area (Å²) in [4.78, 5) is 13.9. The van der Waals surface area contributed by atoms with Gasteiger partial charge in [-0.05, 0) is 43.7 Å². The molecule has 0 aromatic heterocycles. The second-order valence-corrected chi connectivity index (χ2v) is 6.10. The normalized spacial score (nSPS) is 18.9. The zero-order valence-electron chi connectivity index (χ0n) is 11.8. The van der Waals surface area contributed by atoms with Crippen LogP contribution in [0.3, 0.4) is 0 Å². The number of hydrogen-bond donors (Lipinski definition) is 2. The van der Waals surface area contributed by atoms with Gasteiger partial charge in [-0.25, -0.2) is 0 Å². The van der Waals surface area contributed by atoms with Crippen LogP contribution in [0, 0.1) is 0 Å². The number of nitrogens with one attached hydrogen (secondary N) is 1. The van der Waals surface area contributed by atoms with E-state index in [0.29, 0.717) is 5.56 Å². The van der Waals surface area contributed by atoms with Gasteiger partial charge in [0.05, 0.1) is 11.3 Å². The maximum absolute atomic E-state index is 12.1. The van der Waals surface area contributed by atoms with Gasteiger partial charge in [0.25, 0.3) is 5.91 Å². The van der Waals surface area contributed by atoms with Crippen molar-refractivity contribution in [3.63, 3.8) is 0 Å². The van der Waals surface area contributed by atoms with Crippen molar-refractivity contribution in [1.29, 1.82) is 0 Å². The van der Waals surface area contributed by atoms with Crippen LogP contribution in [-0.2, 0) is 0 Å². The molecule has 20 heavy (non-hydrogen) atoms. The smallest absolute Gasteiger partial charge is 0.256 e. The molecule has 0 bridgehead atoms. The van der Waals surface area contributed by atoms with Crippen molar-refractivity contribution in [3.05, 3.63) is 42.0 Å². The number of aliphatic hydroxyl groups excluding tert-OH is 1. The number of fused-ring (bicyclic) bond motifs is 2. The molecular formula is C16H18N2O2. The van der Waals surface area contributed by atoms with Crippen LogP contribution in [-0.4, -0.2) is 22.9 Å². The van der Waals surface area contributed by atoms with Gasteiger partial charge in [-0.15, -0.1) is 0 Å². The fraction of sp³-hybridized carbons (Fsp3) is 0.312. The Morgan fingerprint density at radius 1 is 1.15 bits per heavy atom. The Hall–Kier alpha value is -2.07. The van der Waals surface area contributed by atoms with E-state index in [9.17, 15) is 9.90 Å². The number of hydrogen-bond acceptors (Lipinski definition) is 3. The molecule has 2 N–H and O–H groups in total. The van der Waals surface area contributed by atoms with Crippen LogP contribution in [0.15, 0.2) is 36.4 Å². The molecule has 0 spiro atoms. The molecule has 0 fully saturated rings. The number of amides is 1. The Morgan fingerprint density at radius 3 is 2.35 bits per heavy atom. The lowest BCUT2D eigenvalue weighted by molar-refractivity contribution is 0.0690. The third kappa shape index (κ3) is 1.93. The molecule has 104 valence electrons. The minimum absolute atomic E-state index is 0.237. The molecule has 1 unspecified atom stereocenters. The molecule has 2 aromatic rings. The highest BCUT2D eigenvalue weighted by molar-refractivity contribution is 6.06. The summed E-state index contributed by atoms with van der Waals surface area (Å²) in [6.07, 6.45) is -1.00. The summed E-state index contributed by atoms with van der Waals surface area (Å²) in [7, 11) is 0. The van der Waals surface area contributed by atoms with Crippen LogP contribution in [0.4, 0.5) is 5.69 Å². The average molecular weight is 270 g/mol. The lowest BCUT2D eigenvalue weighted by atomic mass is 9.97. The van der Waals surface area contributed by atoms with Crippen LogP contribution in [0.5, 0.6) is 0 Å². The summed E-state index contributed by atoms with van der Waals surface area (Å²) in [5.41, 5.74) is 1.07. The fourth-order valence-electron chi connectivity index (χ4n) is 2.73. The van der Waals surface area contributed by atoms with Crippen molar-refractivity contribution in [1.82, 2.24) is 5.32 Å². The molecule has 1 atom stereocenters. The molecule has 0 radical (unpaired) electrons. The number of benzene rings is 2. The van der Waals surface area contributed by atoms with Gasteiger partial charge in [0, 0.05) is 5.54 Å². The Labute approximate surface area is 118 Å². The van der Waals surface area contributed by atoms with E-state index in [-0.39, 0.29) is 11.4 Å². The van der Waals surface area contributed by atoms with E-state index in [1.165, 1.54) is 0 Å². The quantitative estimate of drug-likeness (QED) is 0.773. The monoisotopic (exact) mass is 270 g/mol. The van der Waals surface area contributed by atoms with Gasteiger partial charge < -0.3 is 15.3 Å². The van der Waals surface area contributed by atoms with Gasteiger partial charge in [-0.1, -0.05) is 24.3 Å². The Bertz CT molecular complexity index is 688. The van der Waals surface area contributed by atoms with Crippen molar-refractivity contribution >= 4 is 22.4 Å². The molecule has 1 aliphatic rings. The number of carbonyl (C=O) groups excluding carboxylic acids is 1. The standard InChI is InChI=1S/C16H18N2O2/c1-16(2,3)18-13-9-11-7-5-4-6-10(11)8-12(13)14(19)17-15(18)20/h4-9,15,20H,1-3H3,(H,17,19). The first-order valence-corrected chi connectivity index (χ1v) is 6.69. The molecular weight excluding hydrogens is 252 g/mol. The van der Waals surface area contributed by atoms with Crippen LogP contribution in [0.25, 0.3) is 10.8 Å². The number of rotatable bonds is 0. The average Bonchev–Trinajstić information content (AvgIpc) is 2.35. The third-order valence-electron chi connectivity index (χ3n) is 3.60. The van der Waals surface area contributed by atoms with Gasteiger partial charge in [-0.3, -0.25) is 4.79 Å². The maximum atomic E-state index is 12.1. The number of nitrogens with zero attached hydrogens (tertiary/aromatic N) is 1. The SMILES string of the molecule is CC(C)(C)N1c2cc3ccccc3cc2C(=O)NC1O. The maximum Gasteiger partial charge on any atom is 0.256 e. The Balaban J connectivity index is 2.28. The molecule has 0 saturated heterocycles. The van der Waals surface area contributed by atoms with E-state index in [2.05, 4.69) is 5.32 Å². The largest absolute Gasteiger partial charge is 0.356 e. The van der Waals surface area contributed by atoms with Gasteiger partial charge in [0.1, 0.15) is 0 Å². The van der Waals surface area contributed by atoms with Crippen molar-refractivity contribution < 1.29 is 9.90 Å². The lowest BCUT2D eigenvalue weighted by Gasteiger charge is -2.44. The topological polar surface area (TPSA) is 52.6 Å². The molecule has 1 aliphatic heterocycles. The predicted octanol–water partition coefficient (Wildman–Crippen LogP) is 2.46. The van der Waals surface area contributed by atoms with E-state index in [0.717, 1.165) is 16.5 Å². The Morgan fingerprint density at radius 2 is 1.75 bits per heavy atom. The number of carbonyl (C=O) groups is 1. The molecule has 0 aliphatic carbocycles. The molecule has 3 rings (SSSR count). The van der Waals surface area contributed by atoms with E-state index >= 15 is 0 Å². The van der Waals surface area contributed by atoms with Gasteiger partial charge in [-0.2, -0.15) is 0 Å².